The minimum atomic E-state index is -0.304. The van der Waals surface area contributed by atoms with Crippen molar-refractivity contribution in [3.63, 3.8) is 0 Å². The minimum absolute atomic E-state index is 0.0175. The van der Waals surface area contributed by atoms with Crippen molar-refractivity contribution in [3.8, 4) is 11.1 Å². The molecule has 2 saturated heterocycles. The molecule has 8 nitrogen and oxygen atoms in total. The monoisotopic (exact) mass is 491 g/mol. The van der Waals surface area contributed by atoms with Crippen molar-refractivity contribution in [1.82, 2.24) is 29.5 Å². The molecular formula is C27H34FN7O. The van der Waals surface area contributed by atoms with Gasteiger partial charge in [-0.3, -0.25) is 24.6 Å². The van der Waals surface area contributed by atoms with Gasteiger partial charge in [0.05, 0.1) is 17.4 Å². The van der Waals surface area contributed by atoms with Gasteiger partial charge in [0, 0.05) is 56.3 Å². The Kier molecular flexibility index (Phi) is 6.21. The molecule has 1 aliphatic carbocycles. The number of likely N-dealkylation sites (tertiary alicyclic amines) is 2. The van der Waals surface area contributed by atoms with Gasteiger partial charge in [-0.15, -0.1) is 0 Å². The van der Waals surface area contributed by atoms with Crippen LogP contribution in [0.15, 0.2) is 30.6 Å². The third kappa shape index (κ3) is 4.50. The van der Waals surface area contributed by atoms with E-state index in [9.17, 15) is 9.18 Å². The largest absolute Gasteiger partial charge is 0.300 e. The van der Waals surface area contributed by atoms with Gasteiger partial charge in [-0.1, -0.05) is 18.6 Å². The number of hydrogen-bond donors (Lipinski definition) is 1. The molecular weight excluding hydrogens is 457 g/mol. The molecule has 0 radical (unpaired) electrons. The number of anilines is 1. The van der Waals surface area contributed by atoms with Crippen LogP contribution in [-0.4, -0.2) is 74.9 Å². The van der Waals surface area contributed by atoms with E-state index in [4.69, 9.17) is 0 Å². The van der Waals surface area contributed by atoms with Gasteiger partial charge in [-0.25, -0.2) is 14.4 Å². The van der Waals surface area contributed by atoms with Gasteiger partial charge >= 0.3 is 0 Å². The predicted molar refractivity (Wildman–Crippen MR) is 137 cm³/mol. The fourth-order valence-corrected chi connectivity index (χ4v) is 6.29. The molecule has 2 aromatic heterocycles. The second-order valence-electron chi connectivity index (χ2n) is 10.9. The molecule has 1 N–H and O–H groups in total. The standard InChI is InChI=1S/C27H34FN7O/c1-33-24(16-34-8-3-2-4-9-34)22(15-30-33)19-5-6-20-14-29-26(31-23(20)11-19)32-25(36)21-12-27(13-21)17-35(18-27)10-7-28/h5-6,11,14-15,21H,2-4,7-10,12-13,16-18H2,1H3,(H,29,31,32,36). The molecule has 1 spiro atoms. The molecule has 3 aromatic rings. The first-order valence-electron chi connectivity index (χ1n) is 13.1. The van der Waals surface area contributed by atoms with Crippen LogP contribution >= 0.6 is 0 Å². The Labute approximate surface area is 210 Å². The van der Waals surface area contributed by atoms with E-state index in [0.29, 0.717) is 12.5 Å². The first-order valence-corrected chi connectivity index (χ1v) is 13.1. The van der Waals surface area contributed by atoms with E-state index >= 15 is 0 Å². The van der Waals surface area contributed by atoms with Crippen LogP contribution in [0.4, 0.5) is 10.3 Å². The van der Waals surface area contributed by atoms with Gasteiger partial charge < -0.3 is 0 Å². The lowest BCUT2D eigenvalue weighted by Crippen LogP contribution is -2.63. The molecule has 1 saturated carbocycles. The number of fused-ring (bicyclic) bond motifs is 1. The van der Waals surface area contributed by atoms with Crippen LogP contribution in [0.3, 0.4) is 0 Å². The van der Waals surface area contributed by atoms with Crippen molar-refractivity contribution in [2.75, 3.05) is 44.7 Å². The second-order valence-corrected chi connectivity index (χ2v) is 10.9. The summed E-state index contributed by atoms with van der Waals surface area (Å²) in [5, 5.41) is 8.41. The highest BCUT2D eigenvalue weighted by Gasteiger charge is 2.54. The van der Waals surface area contributed by atoms with E-state index in [-0.39, 0.29) is 23.9 Å². The number of halogens is 1. The number of alkyl halides is 1. The third-order valence-corrected chi connectivity index (χ3v) is 8.26. The Morgan fingerprint density at radius 2 is 1.94 bits per heavy atom. The molecule has 1 aromatic carbocycles. The number of aromatic nitrogens is 4. The fraction of sp³-hybridized carbons (Fsp3) is 0.556. The molecule has 1 amide bonds. The number of piperidine rings is 1. The van der Waals surface area contributed by atoms with Crippen LogP contribution < -0.4 is 5.32 Å². The maximum absolute atomic E-state index is 12.8. The molecule has 190 valence electrons. The number of nitrogens with one attached hydrogen (secondary N) is 1. The number of amides is 1. The lowest BCUT2D eigenvalue weighted by molar-refractivity contribution is -0.139. The molecule has 4 heterocycles. The van der Waals surface area contributed by atoms with Gasteiger partial charge in [0.1, 0.15) is 6.67 Å². The lowest BCUT2D eigenvalue weighted by atomic mass is 9.57. The molecule has 6 rings (SSSR count). The Bertz CT molecular complexity index is 1250. The fourth-order valence-electron chi connectivity index (χ4n) is 6.29. The van der Waals surface area contributed by atoms with Crippen LogP contribution in [0.1, 0.15) is 37.8 Å². The lowest BCUT2D eigenvalue weighted by Gasteiger charge is -2.58. The van der Waals surface area contributed by atoms with Gasteiger partial charge in [0.2, 0.25) is 11.9 Å². The molecule has 3 fully saturated rings. The van der Waals surface area contributed by atoms with Crippen LogP contribution in [0.25, 0.3) is 22.0 Å². The van der Waals surface area contributed by atoms with E-state index in [1.165, 1.54) is 25.0 Å². The molecule has 2 aliphatic heterocycles. The third-order valence-electron chi connectivity index (χ3n) is 8.26. The highest BCUT2D eigenvalue weighted by molar-refractivity contribution is 5.93. The first-order chi connectivity index (χ1) is 17.5. The van der Waals surface area contributed by atoms with Crippen molar-refractivity contribution in [1.29, 1.82) is 0 Å². The first kappa shape index (κ1) is 23.5. The maximum atomic E-state index is 12.8. The SMILES string of the molecule is Cn1ncc(-c2ccc3cnc(NC(=O)C4CC5(C4)CN(CCF)C5)nc3c2)c1CN1CCCCC1. The van der Waals surface area contributed by atoms with Crippen LogP contribution in [0.2, 0.25) is 0 Å². The number of aryl methyl sites for hydroxylation is 1. The molecule has 0 unspecified atom stereocenters. The van der Waals surface area contributed by atoms with Crippen LogP contribution in [0.5, 0.6) is 0 Å². The number of nitrogens with zero attached hydrogens (tertiary/aromatic N) is 6. The van der Waals surface area contributed by atoms with Crippen LogP contribution in [0, 0.1) is 11.3 Å². The summed E-state index contributed by atoms with van der Waals surface area (Å²) in [4.78, 5) is 26.5. The zero-order valence-electron chi connectivity index (χ0n) is 20.9. The van der Waals surface area contributed by atoms with Crippen molar-refractivity contribution in [2.45, 2.75) is 38.6 Å². The molecule has 36 heavy (non-hydrogen) atoms. The Morgan fingerprint density at radius 1 is 1.14 bits per heavy atom. The van der Waals surface area contributed by atoms with Crippen molar-refractivity contribution in [2.24, 2.45) is 18.4 Å². The van der Waals surface area contributed by atoms with E-state index in [0.717, 1.165) is 67.6 Å². The molecule has 0 bridgehead atoms. The topological polar surface area (TPSA) is 79.2 Å². The summed E-state index contributed by atoms with van der Waals surface area (Å²) in [6.45, 7) is 5.18. The second kappa shape index (κ2) is 9.52. The zero-order valence-corrected chi connectivity index (χ0v) is 20.9. The van der Waals surface area contributed by atoms with Crippen molar-refractivity contribution >= 4 is 22.8 Å². The maximum Gasteiger partial charge on any atom is 0.229 e. The average molecular weight is 492 g/mol. The number of benzene rings is 1. The summed E-state index contributed by atoms with van der Waals surface area (Å²) in [6.07, 6.45) is 9.26. The summed E-state index contributed by atoms with van der Waals surface area (Å²) < 4.78 is 14.5. The van der Waals surface area contributed by atoms with E-state index in [2.05, 4.69) is 42.3 Å². The number of carbonyl (C=O) groups excluding carboxylic acids is 1. The van der Waals surface area contributed by atoms with E-state index in [1.807, 2.05) is 24.0 Å². The highest BCUT2D eigenvalue weighted by Crippen LogP contribution is 2.52. The summed E-state index contributed by atoms with van der Waals surface area (Å²) in [5.41, 5.74) is 4.42. The van der Waals surface area contributed by atoms with Gasteiger partial charge in [0.25, 0.3) is 0 Å². The van der Waals surface area contributed by atoms with Gasteiger partial charge in [-0.2, -0.15) is 5.10 Å². The minimum Gasteiger partial charge on any atom is -0.300 e. The zero-order chi connectivity index (χ0) is 24.7. The molecule has 9 heteroatoms. The Morgan fingerprint density at radius 3 is 2.72 bits per heavy atom. The quantitative estimate of drug-likeness (QED) is 0.544. The predicted octanol–water partition coefficient (Wildman–Crippen LogP) is 3.64. The Balaban J connectivity index is 1.15. The van der Waals surface area contributed by atoms with Crippen molar-refractivity contribution < 1.29 is 9.18 Å². The van der Waals surface area contributed by atoms with E-state index in [1.54, 1.807) is 6.20 Å². The summed E-state index contributed by atoms with van der Waals surface area (Å²) >= 11 is 0. The molecule has 0 atom stereocenters. The van der Waals surface area contributed by atoms with Crippen LogP contribution in [-0.2, 0) is 18.4 Å². The number of hydrogen-bond acceptors (Lipinski definition) is 6. The Hall–Kier alpha value is -2.91. The average Bonchev–Trinajstić information content (AvgIpc) is 3.19. The molecule has 3 aliphatic rings. The summed E-state index contributed by atoms with van der Waals surface area (Å²) in [5.74, 6) is 0.310. The van der Waals surface area contributed by atoms with Crippen molar-refractivity contribution in [3.05, 3.63) is 36.3 Å². The summed E-state index contributed by atoms with van der Waals surface area (Å²) in [7, 11) is 2.01. The van der Waals surface area contributed by atoms with Gasteiger partial charge in [0.15, 0.2) is 0 Å². The highest BCUT2D eigenvalue weighted by atomic mass is 19.1. The summed E-state index contributed by atoms with van der Waals surface area (Å²) in [6, 6.07) is 6.19. The number of rotatable bonds is 7. The smallest absolute Gasteiger partial charge is 0.229 e. The van der Waals surface area contributed by atoms with Gasteiger partial charge in [-0.05, 0) is 55.8 Å². The normalized spacial score (nSPS) is 20.4. The van der Waals surface area contributed by atoms with E-state index < -0.39 is 0 Å². The number of carbonyl (C=O) groups is 1.